The fourth-order valence-electron chi connectivity index (χ4n) is 1.55. The van der Waals surface area contributed by atoms with Crippen LogP contribution in [0.25, 0.3) is 0 Å². The minimum absolute atomic E-state index is 0. The molecule has 4 N–H and O–H groups in total. The summed E-state index contributed by atoms with van der Waals surface area (Å²) < 4.78 is 31.3. The van der Waals surface area contributed by atoms with E-state index in [2.05, 4.69) is 10.0 Å². The molecule has 0 saturated heterocycles. The Hall–Kier alpha value is -1.19. The number of halogens is 1. The number of nitrogens with one attached hydrogen (secondary N) is 2. The van der Waals surface area contributed by atoms with Crippen LogP contribution in [0.15, 0.2) is 29.2 Å². The van der Waals surface area contributed by atoms with Gasteiger partial charge in [0.2, 0.25) is 15.9 Å². The molecule has 126 valence electrons. The highest BCUT2D eigenvalue weighted by molar-refractivity contribution is 7.89. The molecule has 0 aliphatic heterocycles. The number of hydrogen-bond acceptors (Lipinski definition) is 5. The molecule has 22 heavy (non-hydrogen) atoms. The molecule has 0 radical (unpaired) electrons. The molecule has 0 unspecified atom stereocenters. The van der Waals surface area contributed by atoms with Crippen LogP contribution in [0.3, 0.4) is 0 Å². The average molecular weight is 352 g/mol. The van der Waals surface area contributed by atoms with Crippen molar-refractivity contribution in [3.05, 3.63) is 24.3 Å². The van der Waals surface area contributed by atoms with Gasteiger partial charge in [-0.3, -0.25) is 4.79 Å². The lowest BCUT2D eigenvalue weighted by Crippen LogP contribution is -2.29. The number of sulfonamides is 1. The lowest BCUT2D eigenvalue weighted by atomic mass is 10.3. The number of ether oxygens (including phenoxy) is 1. The maximum absolute atomic E-state index is 11.9. The zero-order valence-corrected chi connectivity index (χ0v) is 14.0. The molecule has 0 heterocycles. The molecular weight excluding hydrogens is 330 g/mol. The van der Waals surface area contributed by atoms with Crippen LogP contribution in [0.5, 0.6) is 0 Å². The second-order valence-corrected chi connectivity index (χ2v) is 5.98. The Kier molecular flexibility index (Phi) is 9.95. The van der Waals surface area contributed by atoms with Crippen LogP contribution in [-0.4, -0.2) is 40.6 Å². The Balaban J connectivity index is 0.00000441. The van der Waals surface area contributed by atoms with Gasteiger partial charge in [0.1, 0.15) is 0 Å². The maximum Gasteiger partial charge on any atom is 0.240 e. The Morgan fingerprint density at radius 2 is 2.09 bits per heavy atom. The number of hydrogen-bond donors (Lipinski definition) is 3. The highest BCUT2D eigenvalue weighted by atomic mass is 35.5. The van der Waals surface area contributed by atoms with Gasteiger partial charge in [0.25, 0.3) is 0 Å². The summed E-state index contributed by atoms with van der Waals surface area (Å²) in [6.07, 6.45) is 0.218. The largest absolute Gasteiger partial charge is 0.381 e. The van der Waals surface area contributed by atoms with Crippen molar-refractivity contribution in [3.8, 4) is 0 Å². The van der Waals surface area contributed by atoms with Gasteiger partial charge in [0.15, 0.2) is 0 Å². The summed E-state index contributed by atoms with van der Waals surface area (Å²) in [7, 11) is -3.61. The normalized spacial score (nSPS) is 10.8. The predicted molar refractivity (Wildman–Crippen MR) is 87.7 cm³/mol. The molecular formula is C13H22ClN3O4S. The number of rotatable bonds is 9. The van der Waals surface area contributed by atoms with Gasteiger partial charge < -0.3 is 15.8 Å². The predicted octanol–water partition coefficient (Wildman–Crippen LogP) is 0.711. The van der Waals surface area contributed by atoms with Gasteiger partial charge in [-0.15, -0.1) is 12.4 Å². The van der Waals surface area contributed by atoms with E-state index in [1.165, 1.54) is 12.1 Å². The summed E-state index contributed by atoms with van der Waals surface area (Å²) in [5.41, 5.74) is 5.69. The zero-order chi connectivity index (χ0) is 15.7. The second kappa shape index (κ2) is 10.5. The van der Waals surface area contributed by atoms with Crippen molar-refractivity contribution in [3.63, 3.8) is 0 Å². The van der Waals surface area contributed by atoms with Gasteiger partial charge in [-0.05, 0) is 25.1 Å². The van der Waals surface area contributed by atoms with Crippen molar-refractivity contribution < 1.29 is 17.9 Å². The van der Waals surface area contributed by atoms with Gasteiger partial charge in [0, 0.05) is 25.4 Å². The minimum atomic E-state index is -3.61. The van der Waals surface area contributed by atoms with Gasteiger partial charge in [0.05, 0.1) is 17.9 Å². The van der Waals surface area contributed by atoms with Gasteiger partial charge in [-0.1, -0.05) is 6.07 Å². The van der Waals surface area contributed by atoms with Crippen molar-refractivity contribution in [1.29, 1.82) is 0 Å². The molecule has 1 amide bonds. The van der Waals surface area contributed by atoms with E-state index >= 15 is 0 Å². The Morgan fingerprint density at radius 1 is 1.36 bits per heavy atom. The van der Waals surface area contributed by atoms with Crippen molar-refractivity contribution in [1.82, 2.24) is 4.72 Å². The Bertz CT molecular complexity index is 566. The summed E-state index contributed by atoms with van der Waals surface area (Å²) >= 11 is 0. The number of benzene rings is 1. The van der Waals surface area contributed by atoms with E-state index in [1.807, 2.05) is 6.92 Å². The summed E-state index contributed by atoms with van der Waals surface area (Å²) in [5.74, 6) is -0.229. The molecule has 9 heteroatoms. The third-order valence-corrected chi connectivity index (χ3v) is 4.00. The molecule has 0 aromatic heterocycles. The molecule has 1 aromatic rings. The fraction of sp³-hybridized carbons (Fsp3) is 0.462. The lowest BCUT2D eigenvalue weighted by molar-refractivity contribution is -0.117. The summed E-state index contributed by atoms with van der Waals surface area (Å²) in [6.45, 7) is 3.10. The monoisotopic (exact) mass is 351 g/mol. The number of nitrogens with two attached hydrogens (primary N) is 1. The summed E-state index contributed by atoms with van der Waals surface area (Å²) in [5, 5.41) is 2.63. The number of carbonyl (C=O) groups is 1. The zero-order valence-electron chi connectivity index (χ0n) is 12.4. The molecule has 0 spiro atoms. The van der Waals surface area contributed by atoms with Gasteiger partial charge >= 0.3 is 0 Å². The van der Waals surface area contributed by atoms with E-state index in [0.29, 0.717) is 18.9 Å². The molecule has 0 aliphatic carbocycles. The molecule has 7 nitrogen and oxygen atoms in total. The van der Waals surface area contributed by atoms with Crippen molar-refractivity contribution in [2.45, 2.75) is 18.2 Å². The van der Waals surface area contributed by atoms with Crippen molar-refractivity contribution >= 4 is 34.0 Å². The minimum Gasteiger partial charge on any atom is -0.381 e. The first kappa shape index (κ1) is 20.8. The summed E-state index contributed by atoms with van der Waals surface area (Å²) in [4.78, 5) is 11.7. The van der Waals surface area contributed by atoms with Crippen LogP contribution in [0, 0.1) is 0 Å². The molecule has 0 aliphatic rings. The molecule has 1 rings (SSSR count). The van der Waals surface area contributed by atoms with Crippen LogP contribution in [-0.2, 0) is 19.6 Å². The number of carbonyl (C=O) groups excluding carboxylic acids is 1. The van der Waals surface area contributed by atoms with Gasteiger partial charge in [-0.25, -0.2) is 13.1 Å². The van der Waals surface area contributed by atoms with Crippen LogP contribution < -0.4 is 15.8 Å². The summed E-state index contributed by atoms with van der Waals surface area (Å²) in [6, 6.07) is 6.04. The van der Waals surface area contributed by atoms with Crippen LogP contribution in [0.1, 0.15) is 13.3 Å². The Labute approximate surface area is 137 Å². The van der Waals surface area contributed by atoms with E-state index in [1.54, 1.807) is 12.1 Å². The topological polar surface area (TPSA) is 111 Å². The van der Waals surface area contributed by atoms with E-state index in [4.69, 9.17) is 10.5 Å². The van der Waals surface area contributed by atoms with Crippen LogP contribution in [0.2, 0.25) is 0 Å². The quantitative estimate of drug-likeness (QED) is 0.567. The van der Waals surface area contributed by atoms with Crippen molar-refractivity contribution in [2.24, 2.45) is 5.73 Å². The third kappa shape index (κ3) is 7.19. The van der Waals surface area contributed by atoms with E-state index in [0.717, 1.165) is 0 Å². The molecule has 0 bridgehead atoms. The second-order valence-electron chi connectivity index (χ2n) is 4.21. The Morgan fingerprint density at radius 3 is 2.73 bits per heavy atom. The fourth-order valence-corrected chi connectivity index (χ4v) is 2.64. The first-order chi connectivity index (χ1) is 9.99. The first-order valence-electron chi connectivity index (χ1n) is 6.67. The van der Waals surface area contributed by atoms with Gasteiger partial charge in [-0.2, -0.15) is 0 Å². The van der Waals surface area contributed by atoms with Crippen LogP contribution >= 0.6 is 12.4 Å². The standard InChI is InChI=1S/C13H21N3O4S.ClH/c1-2-20-9-6-13(17)16-11-4-3-5-12(10-11)21(18,19)15-8-7-14;/h3-5,10,15H,2,6-9,14H2,1H3,(H,16,17);1H. The van der Waals surface area contributed by atoms with E-state index in [9.17, 15) is 13.2 Å². The molecule has 0 fully saturated rings. The van der Waals surface area contributed by atoms with Crippen molar-refractivity contribution in [2.75, 3.05) is 31.6 Å². The molecule has 1 aromatic carbocycles. The highest BCUT2D eigenvalue weighted by Crippen LogP contribution is 2.15. The smallest absolute Gasteiger partial charge is 0.240 e. The van der Waals surface area contributed by atoms with E-state index in [-0.39, 0.29) is 42.7 Å². The maximum atomic E-state index is 11.9. The first-order valence-corrected chi connectivity index (χ1v) is 8.15. The van der Waals surface area contributed by atoms with E-state index < -0.39 is 10.0 Å². The highest BCUT2D eigenvalue weighted by Gasteiger charge is 2.13. The number of amides is 1. The SMILES string of the molecule is CCOCCC(=O)Nc1cccc(S(=O)(=O)NCCN)c1.Cl. The van der Waals surface area contributed by atoms with Crippen LogP contribution in [0.4, 0.5) is 5.69 Å². The number of anilines is 1. The molecule has 0 atom stereocenters. The average Bonchev–Trinajstić information content (AvgIpc) is 2.46. The third-order valence-electron chi connectivity index (χ3n) is 2.54. The lowest BCUT2D eigenvalue weighted by Gasteiger charge is -2.09. The molecule has 0 saturated carbocycles.